The first kappa shape index (κ1) is 17.3. The number of hydrogen-bond donors (Lipinski definition) is 1. The van der Waals surface area contributed by atoms with Crippen molar-refractivity contribution in [3.05, 3.63) is 75.8 Å². The molecule has 0 aliphatic heterocycles. The predicted octanol–water partition coefficient (Wildman–Crippen LogP) is 4.20. The highest BCUT2D eigenvalue weighted by Gasteiger charge is 2.17. The molecule has 0 spiro atoms. The molecule has 0 saturated carbocycles. The van der Waals surface area contributed by atoms with Gasteiger partial charge >= 0.3 is 0 Å². The van der Waals surface area contributed by atoms with Crippen LogP contribution in [0.5, 0.6) is 0 Å². The van der Waals surface area contributed by atoms with Crippen molar-refractivity contribution in [1.82, 2.24) is 5.16 Å². The molecule has 7 nitrogen and oxygen atoms in total. The zero-order chi connectivity index (χ0) is 18.7. The van der Waals surface area contributed by atoms with E-state index < -0.39 is 16.6 Å². The fourth-order valence-corrected chi connectivity index (χ4v) is 2.47. The van der Waals surface area contributed by atoms with Crippen LogP contribution in [0, 0.1) is 15.9 Å². The minimum absolute atomic E-state index is 0.0664. The Morgan fingerprint density at radius 1 is 1.27 bits per heavy atom. The summed E-state index contributed by atoms with van der Waals surface area (Å²) < 4.78 is 18.3. The quantitative estimate of drug-likeness (QED) is 0.546. The second-order valence-corrected chi connectivity index (χ2v) is 5.50. The molecule has 0 fully saturated rings. The molecule has 0 bridgehead atoms. The van der Waals surface area contributed by atoms with Crippen LogP contribution in [0.3, 0.4) is 0 Å². The summed E-state index contributed by atoms with van der Waals surface area (Å²) in [5.41, 5.74) is 1.55. The van der Waals surface area contributed by atoms with Gasteiger partial charge in [-0.1, -0.05) is 30.3 Å². The van der Waals surface area contributed by atoms with Crippen LogP contribution in [0.4, 0.5) is 15.8 Å². The van der Waals surface area contributed by atoms with Crippen LogP contribution in [0.25, 0.3) is 11.3 Å². The van der Waals surface area contributed by atoms with Gasteiger partial charge in [-0.3, -0.25) is 14.9 Å². The molecule has 0 saturated heterocycles. The van der Waals surface area contributed by atoms with E-state index in [1.807, 2.05) is 6.92 Å². The lowest BCUT2D eigenvalue weighted by Gasteiger charge is -2.05. The molecule has 26 heavy (non-hydrogen) atoms. The lowest BCUT2D eigenvalue weighted by atomic mass is 10.1. The van der Waals surface area contributed by atoms with E-state index in [9.17, 15) is 19.3 Å². The van der Waals surface area contributed by atoms with Gasteiger partial charge in [-0.2, -0.15) is 0 Å². The molecule has 0 atom stereocenters. The average Bonchev–Trinajstić information content (AvgIpc) is 3.12. The first-order valence-corrected chi connectivity index (χ1v) is 7.79. The molecule has 2 aromatic carbocycles. The van der Waals surface area contributed by atoms with Gasteiger partial charge in [0.15, 0.2) is 0 Å². The van der Waals surface area contributed by atoms with Gasteiger partial charge in [-0.15, -0.1) is 0 Å². The van der Waals surface area contributed by atoms with E-state index in [0.29, 0.717) is 23.2 Å². The zero-order valence-electron chi connectivity index (χ0n) is 13.7. The number of nitrogens with zero attached hydrogens (tertiary/aromatic N) is 2. The Morgan fingerprint density at radius 2 is 2.08 bits per heavy atom. The number of aryl methyl sites for hydroxylation is 1. The SMILES string of the molecule is CCc1ccc(NC(=O)c2cc(-c3cccc(F)c3)no2)cc1[N+](=O)[O-]. The Balaban J connectivity index is 1.81. The van der Waals surface area contributed by atoms with Crippen molar-refractivity contribution < 1.29 is 18.6 Å². The lowest BCUT2D eigenvalue weighted by Crippen LogP contribution is -2.11. The van der Waals surface area contributed by atoms with Gasteiger partial charge in [0.1, 0.15) is 11.5 Å². The summed E-state index contributed by atoms with van der Waals surface area (Å²) in [4.78, 5) is 22.9. The molecule has 8 heteroatoms. The molecule has 0 aliphatic carbocycles. The molecule has 1 amide bonds. The lowest BCUT2D eigenvalue weighted by molar-refractivity contribution is -0.385. The number of nitro groups is 1. The summed E-state index contributed by atoms with van der Waals surface area (Å²) in [5.74, 6) is -1.13. The fourth-order valence-electron chi connectivity index (χ4n) is 2.47. The van der Waals surface area contributed by atoms with E-state index in [2.05, 4.69) is 10.5 Å². The average molecular weight is 355 g/mol. The number of anilines is 1. The van der Waals surface area contributed by atoms with E-state index in [4.69, 9.17) is 4.52 Å². The maximum Gasteiger partial charge on any atom is 0.294 e. The van der Waals surface area contributed by atoms with Crippen LogP contribution >= 0.6 is 0 Å². The van der Waals surface area contributed by atoms with Gasteiger partial charge in [0.2, 0.25) is 5.76 Å². The third kappa shape index (κ3) is 3.59. The summed E-state index contributed by atoms with van der Waals surface area (Å²) >= 11 is 0. The molecular weight excluding hydrogens is 341 g/mol. The molecule has 0 radical (unpaired) electrons. The van der Waals surface area contributed by atoms with Crippen molar-refractivity contribution in [2.24, 2.45) is 0 Å². The van der Waals surface area contributed by atoms with Crippen LogP contribution in [0.2, 0.25) is 0 Å². The van der Waals surface area contributed by atoms with Crippen LogP contribution in [0.15, 0.2) is 53.1 Å². The Kier molecular flexibility index (Phi) is 4.74. The number of halogens is 1. The largest absolute Gasteiger partial charge is 0.350 e. The van der Waals surface area contributed by atoms with Crippen molar-refractivity contribution in [2.75, 3.05) is 5.32 Å². The van der Waals surface area contributed by atoms with Gasteiger partial charge in [0, 0.05) is 28.9 Å². The number of amides is 1. The minimum atomic E-state index is -0.612. The number of aromatic nitrogens is 1. The highest BCUT2D eigenvalue weighted by Crippen LogP contribution is 2.25. The molecule has 0 aliphatic rings. The summed E-state index contributed by atoms with van der Waals surface area (Å²) in [6, 6.07) is 11.6. The summed E-state index contributed by atoms with van der Waals surface area (Å²) in [6.45, 7) is 1.81. The van der Waals surface area contributed by atoms with E-state index in [0.717, 1.165) is 0 Å². The molecular formula is C18H14FN3O4. The summed E-state index contributed by atoms with van der Waals surface area (Å²) in [6.07, 6.45) is 0.504. The number of nitro benzene ring substituents is 1. The van der Waals surface area contributed by atoms with E-state index >= 15 is 0 Å². The molecule has 1 aromatic heterocycles. The number of benzene rings is 2. The van der Waals surface area contributed by atoms with Crippen LogP contribution in [-0.2, 0) is 6.42 Å². The third-order valence-corrected chi connectivity index (χ3v) is 3.78. The monoisotopic (exact) mass is 355 g/mol. The van der Waals surface area contributed by atoms with Gasteiger partial charge < -0.3 is 9.84 Å². The van der Waals surface area contributed by atoms with Crippen LogP contribution in [-0.4, -0.2) is 16.0 Å². The molecule has 132 valence electrons. The standard InChI is InChI=1S/C18H14FN3O4/c1-2-11-6-7-14(9-16(11)22(24)25)20-18(23)17-10-15(21-26-17)12-4-3-5-13(19)8-12/h3-10H,2H2,1H3,(H,20,23). The van der Waals surface area contributed by atoms with Crippen molar-refractivity contribution >= 4 is 17.3 Å². The zero-order valence-corrected chi connectivity index (χ0v) is 13.7. The van der Waals surface area contributed by atoms with Gasteiger partial charge in [-0.05, 0) is 24.6 Å². The predicted molar refractivity (Wildman–Crippen MR) is 92.3 cm³/mol. The second-order valence-electron chi connectivity index (χ2n) is 5.50. The van der Waals surface area contributed by atoms with Crippen molar-refractivity contribution in [3.8, 4) is 11.3 Å². The summed E-state index contributed by atoms with van der Waals surface area (Å²) in [5, 5.41) is 17.4. The van der Waals surface area contributed by atoms with Gasteiger partial charge in [-0.25, -0.2) is 4.39 Å². The van der Waals surface area contributed by atoms with Crippen LogP contribution < -0.4 is 5.32 Å². The molecule has 1 heterocycles. The maximum absolute atomic E-state index is 13.3. The normalized spacial score (nSPS) is 10.5. The number of nitrogens with one attached hydrogen (secondary N) is 1. The molecule has 0 unspecified atom stereocenters. The number of rotatable bonds is 5. The number of carbonyl (C=O) groups is 1. The second kappa shape index (κ2) is 7.14. The first-order chi connectivity index (χ1) is 12.5. The number of carbonyl (C=O) groups excluding carboxylic acids is 1. The van der Waals surface area contributed by atoms with Gasteiger partial charge in [0.25, 0.3) is 11.6 Å². The molecule has 3 aromatic rings. The summed E-state index contributed by atoms with van der Waals surface area (Å²) in [7, 11) is 0. The highest BCUT2D eigenvalue weighted by molar-refractivity contribution is 6.02. The highest BCUT2D eigenvalue weighted by atomic mass is 19.1. The van der Waals surface area contributed by atoms with Crippen molar-refractivity contribution in [1.29, 1.82) is 0 Å². The van der Waals surface area contributed by atoms with Crippen molar-refractivity contribution in [3.63, 3.8) is 0 Å². The first-order valence-electron chi connectivity index (χ1n) is 7.79. The van der Waals surface area contributed by atoms with Gasteiger partial charge in [0.05, 0.1) is 4.92 Å². The van der Waals surface area contributed by atoms with Crippen LogP contribution in [0.1, 0.15) is 23.0 Å². The Bertz CT molecular complexity index is 984. The Labute approximate surface area is 147 Å². The van der Waals surface area contributed by atoms with Crippen molar-refractivity contribution in [2.45, 2.75) is 13.3 Å². The Morgan fingerprint density at radius 3 is 2.77 bits per heavy atom. The van der Waals surface area contributed by atoms with E-state index in [1.54, 1.807) is 18.2 Å². The topological polar surface area (TPSA) is 98.3 Å². The smallest absolute Gasteiger partial charge is 0.294 e. The fraction of sp³-hybridized carbons (Fsp3) is 0.111. The van der Waals surface area contributed by atoms with E-state index in [1.165, 1.54) is 30.3 Å². The number of hydrogen-bond acceptors (Lipinski definition) is 5. The maximum atomic E-state index is 13.3. The Hall–Kier alpha value is -3.55. The molecule has 1 N–H and O–H groups in total. The third-order valence-electron chi connectivity index (χ3n) is 3.78. The minimum Gasteiger partial charge on any atom is -0.350 e. The van der Waals surface area contributed by atoms with E-state index in [-0.39, 0.29) is 17.1 Å². The molecule has 3 rings (SSSR count).